The van der Waals surface area contributed by atoms with Crippen LogP contribution in [0, 0.1) is 0 Å². The van der Waals surface area contributed by atoms with Crippen LogP contribution in [0.15, 0.2) is 18.2 Å². The standard InChI is InChI=1S/C16H22Cl2N2O2/c17-13-4-3-12(15(18)10-13)5-7-19-8-6-16(21)20-11-14-2-1-9-22-14/h3-4,10,14,19H,1-2,5-9,11H2,(H,20,21). The molecule has 1 atom stereocenters. The first-order valence-corrected chi connectivity index (χ1v) is 8.43. The van der Waals surface area contributed by atoms with Gasteiger partial charge in [0.25, 0.3) is 0 Å². The van der Waals surface area contributed by atoms with E-state index in [4.69, 9.17) is 27.9 Å². The number of nitrogens with one attached hydrogen (secondary N) is 2. The maximum Gasteiger partial charge on any atom is 0.221 e. The van der Waals surface area contributed by atoms with E-state index in [1.807, 2.05) is 12.1 Å². The Morgan fingerprint density at radius 2 is 2.18 bits per heavy atom. The van der Waals surface area contributed by atoms with Crippen LogP contribution in [0.1, 0.15) is 24.8 Å². The second-order valence-electron chi connectivity index (χ2n) is 5.42. The molecule has 1 aromatic rings. The number of hydrogen-bond acceptors (Lipinski definition) is 3. The van der Waals surface area contributed by atoms with Crippen LogP contribution in [-0.4, -0.2) is 38.3 Å². The van der Waals surface area contributed by atoms with Crippen molar-refractivity contribution in [2.45, 2.75) is 31.8 Å². The third kappa shape index (κ3) is 6.13. The van der Waals surface area contributed by atoms with E-state index >= 15 is 0 Å². The molecule has 0 aromatic heterocycles. The van der Waals surface area contributed by atoms with Gasteiger partial charge in [-0.25, -0.2) is 0 Å². The fraction of sp³-hybridized carbons (Fsp3) is 0.562. The average molecular weight is 345 g/mol. The minimum Gasteiger partial charge on any atom is -0.376 e. The lowest BCUT2D eigenvalue weighted by Crippen LogP contribution is -2.33. The van der Waals surface area contributed by atoms with E-state index < -0.39 is 0 Å². The van der Waals surface area contributed by atoms with Crippen LogP contribution in [0.4, 0.5) is 0 Å². The Balaban J connectivity index is 1.53. The van der Waals surface area contributed by atoms with E-state index in [2.05, 4.69) is 10.6 Å². The highest BCUT2D eigenvalue weighted by atomic mass is 35.5. The lowest BCUT2D eigenvalue weighted by molar-refractivity contribution is -0.121. The first-order valence-electron chi connectivity index (χ1n) is 7.68. The normalized spacial score (nSPS) is 17.6. The summed E-state index contributed by atoms with van der Waals surface area (Å²) in [7, 11) is 0. The van der Waals surface area contributed by atoms with Crippen molar-refractivity contribution in [2.24, 2.45) is 0 Å². The Hall–Kier alpha value is -0.810. The van der Waals surface area contributed by atoms with Gasteiger partial charge in [-0.05, 0) is 43.5 Å². The van der Waals surface area contributed by atoms with Crippen LogP contribution >= 0.6 is 23.2 Å². The summed E-state index contributed by atoms with van der Waals surface area (Å²) in [6.07, 6.45) is 3.62. The molecule has 0 aliphatic carbocycles. The Bertz CT molecular complexity index is 491. The van der Waals surface area contributed by atoms with Gasteiger partial charge >= 0.3 is 0 Å². The summed E-state index contributed by atoms with van der Waals surface area (Å²) < 4.78 is 5.46. The Morgan fingerprint density at radius 3 is 2.91 bits per heavy atom. The van der Waals surface area contributed by atoms with Gasteiger partial charge in [0.2, 0.25) is 5.91 Å². The number of ether oxygens (including phenoxy) is 1. The van der Waals surface area contributed by atoms with Crippen LogP contribution in [-0.2, 0) is 16.0 Å². The van der Waals surface area contributed by atoms with E-state index in [9.17, 15) is 4.79 Å². The molecule has 22 heavy (non-hydrogen) atoms. The van der Waals surface area contributed by atoms with Crippen molar-refractivity contribution in [3.05, 3.63) is 33.8 Å². The number of hydrogen-bond donors (Lipinski definition) is 2. The fourth-order valence-corrected chi connectivity index (χ4v) is 2.90. The van der Waals surface area contributed by atoms with E-state index in [0.29, 0.717) is 29.6 Å². The van der Waals surface area contributed by atoms with E-state index in [1.165, 1.54) is 0 Å². The van der Waals surface area contributed by atoms with Crippen molar-refractivity contribution < 1.29 is 9.53 Å². The number of rotatable bonds is 8. The first kappa shape index (κ1) is 17.5. The molecule has 0 bridgehead atoms. The molecule has 0 spiro atoms. The molecule has 1 heterocycles. The van der Waals surface area contributed by atoms with Gasteiger partial charge in [0.1, 0.15) is 0 Å². The number of amides is 1. The molecular formula is C16H22Cl2N2O2. The highest BCUT2D eigenvalue weighted by molar-refractivity contribution is 6.35. The topological polar surface area (TPSA) is 50.4 Å². The van der Waals surface area contributed by atoms with Crippen molar-refractivity contribution in [2.75, 3.05) is 26.2 Å². The predicted octanol–water partition coefficient (Wildman–Crippen LogP) is 2.81. The zero-order valence-corrected chi connectivity index (χ0v) is 14.1. The maximum absolute atomic E-state index is 11.7. The van der Waals surface area contributed by atoms with Gasteiger partial charge in [0.15, 0.2) is 0 Å². The van der Waals surface area contributed by atoms with Gasteiger partial charge in [-0.1, -0.05) is 29.3 Å². The van der Waals surface area contributed by atoms with Crippen LogP contribution < -0.4 is 10.6 Å². The lowest BCUT2D eigenvalue weighted by atomic mass is 10.1. The van der Waals surface area contributed by atoms with E-state index in [-0.39, 0.29) is 12.0 Å². The van der Waals surface area contributed by atoms with Gasteiger partial charge in [-0.2, -0.15) is 0 Å². The van der Waals surface area contributed by atoms with Crippen LogP contribution in [0.3, 0.4) is 0 Å². The molecule has 1 aliphatic heterocycles. The minimum absolute atomic E-state index is 0.0625. The van der Waals surface area contributed by atoms with Crippen LogP contribution in [0.5, 0.6) is 0 Å². The molecule has 1 unspecified atom stereocenters. The molecule has 0 saturated carbocycles. The quantitative estimate of drug-likeness (QED) is 0.713. The van der Waals surface area contributed by atoms with Gasteiger partial charge in [0.05, 0.1) is 6.10 Å². The second kappa shape index (κ2) is 9.36. The minimum atomic E-state index is 0.0625. The van der Waals surface area contributed by atoms with Gasteiger partial charge < -0.3 is 15.4 Å². The van der Waals surface area contributed by atoms with Crippen molar-refractivity contribution in [1.29, 1.82) is 0 Å². The molecule has 0 radical (unpaired) electrons. The number of carbonyl (C=O) groups excluding carboxylic acids is 1. The molecular weight excluding hydrogens is 323 g/mol. The van der Waals surface area contributed by atoms with E-state index in [1.54, 1.807) is 6.07 Å². The fourth-order valence-electron chi connectivity index (χ4n) is 2.40. The van der Waals surface area contributed by atoms with Gasteiger partial charge in [0, 0.05) is 36.2 Å². The van der Waals surface area contributed by atoms with Crippen LogP contribution in [0.25, 0.3) is 0 Å². The molecule has 122 valence electrons. The summed E-state index contributed by atoms with van der Waals surface area (Å²) in [5.41, 5.74) is 1.06. The Kier molecular flexibility index (Phi) is 7.46. The SMILES string of the molecule is O=C(CCNCCc1ccc(Cl)cc1Cl)NCC1CCCO1. The largest absolute Gasteiger partial charge is 0.376 e. The summed E-state index contributed by atoms with van der Waals surface area (Å²) in [6, 6.07) is 5.51. The molecule has 2 N–H and O–H groups in total. The van der Waals surface area contributed by atoms with E-state index in [0.717, 1.165) is 38.0 Å². The molecule has 6 heteroatoms. The van der Waals surface area contributed by atoms with Crippen molar-refractivity contribution in [3.8, 4) is 0 Å². The molecule has 4 nitrogen and oxygen atoms in total. The summed E-state index contributed by atoms with van der Waals surface area (Å²) in [6.45, 7) is 2.87. The number of benzene rings is 1. The average Bonchev–Trinajstić information content (AvgIpc) is 3.00. The molecule has 1 aromatic carbocycles. The summed E-state index contributed by atoms with van der Waals surface area (Å²) in [4.78, 5) is 11.7. The maximum atomic E-state index is 11.7. The summed E-state index contributed by atoms with van der Waals surface area (Å²) in [5, 5.41) is 7.49. The molecule has 1 amide bonds. The zero-order valence-electron chi connectivity index (χ0n) is 12.5. The van der Waals surface area contributed by atoms with Gasteiger partial charge in [-0.15, -0.1) is 0 Å². The number of halogens is 2. The van der Waals surface area contributed by atoms with Crippen molar-refractivity contribution >= 4 is 29.1 Å². The molecule has 1 aliphatic rings. The van der Waals surface area contributed by atoms with Crippen LogP contribution in [0.2, 0.25) is 10.0 Å². The summed E-state index contributed by atoms with van der Waals surface area (Å²) >= 11 is 12.0. The lowest BCUT2D eigenvalue weighted by Gasteiger charge is -2.11. The Morgan fingerprint density at radius 1 is 1.32 bits per heavy atom. The highest BCUT2D eigenvalue weighted by Crippen LogP contribution is 2.21. The molecule has 1 saturated heterocycles. The molecule has 2 rings (SSSR count). The first-order chi connectivity index (χ1) is 10.6. The van der Waals surface area contributed by atoms with Crippen molar-refractivity contribution in [3.63, 3.8) is 0 Å². The third-order valence-electron chi connectivity index (χ3n) is 3.67. The predicted molar refractivity (Wildman–Crippen MR) is 89.6 cm³/mol. The van der Waals surface area contributed by atoms with Gasteiger partial charge in [-0.3, -0.25) is 4.79 Å². The smallest absolute Gasteiger partial charge is 0.221 e. The third-order valence-corrected chi connectivity index (χ3v) is 4.25. The molecule has 1 fully saturated rings. The number of carbonyl (C=O) groups is 1. The van der Waals surface area contributed by atoms with Crippen molar-refractivity contribution in [1.82, 2.24) is 10.6 Å². The zero-order chi connectivity index (χ0) is 15.8. The summed E-state index contributed by atoms with van der Waals surface area (Å²) in [5.74, 6) is 0.0625. The second-order valence-corrected chi connectivity index (χ2v) is 6.27. The Labute approximate surface area is 141 Å². The highest BCUT2D eigenvalue weighted by Gasteiger charge is 2.15. The monoisotopic (exact) mass is 344 g/mol.